The smallest absolute Gasteiger partial charge is 0.325 e. The third-order valence-corrected chi connectivity index (χ3v) is 2.63. The molecule has 0 radical (unpaired) electrons. The zero-order chi connectivity index (χ0) is 13.8. The number of nitrogens with one attached hydrogen (secondary N) is 1. The molecule has 6 nitrogen and oxygen atoms in total. The molecule has 0 aliphatic rings. The van der Waals surface area contributed by atoms with E-state index in [1.54, 1.807) is 24.3 Å². The number of carbonyl (C=O) groups excluding carboxylic acids is 1. The van der Waals surface area contributed by atoms with Crippen LogP contribution in [0.5, 0.6) is 0 Å². The maximum atomic E-state index is 11.8. The normalized spacial score (nSPS) is 10.2. The van der Waals surface area contributed by atoms with Crippen LogP contribution in [0.3, 0.4) is 0 Å². The van der Waals surface area contributed by atoms with Gasteiger partial charge in [0.2, 0.25) is 5.91 Å². The second-order valence-electron chi connectivity index (χ2n) is 4.04. The van der Waals surface area contributed by atoms with Crippen molar-refractivity contribution in [1.29, 1.82) is 0 Å². The first-order chi connectivity index (χ1) is 9.08. The quantitative estimate of drug-likeness (QED) is 0.855. The van der Waals surface area contributed by atoms with E-state index in [-0.39, 0.29) is 12.5 Å². The Kier molecular flexibility index (Phi) is 3.61. The van der Waals surface area contributed by atoms with Gasteiger partial charge in [-0.1, -0.05) is 18.2 Å². The first-order valence-corrected chi connectivity index (χ1v) is 5.69. The Hall–Kier alpha value is -2.63. The van der Waals surface area contributed by atoms with E-state index in [4.69, 9.17) is 0 Å². The highest BCUT2D eigenvalue weighted by atomic mass is 16.2. The summed E-state index contributed by atoms with van der Waals surface area (Å²) >= 11 is 0. The molecule has 0 spiro atoms. The van der Waals surface area contributed by atoms with E-state index < -0.39 is 11.2 Å². The molecule has 2 rings (SSSR count). The summed E-state index contributed by atoms with van der Waals surface area (Å²) in [7, 11) is 1.37. The van der Waals surface area contributed by atoms with Crippen LogP contribution in [0.2, 0.25) is 0 Å². The van der Waals surface area contributed by atoms with Gasteiger partial charge in [-0.3, -0.25) is 18.7 Å². The molecular weight excluding hydrogens is 246 g/mol. The Bertz CT molecular complexity index is 701. The van der Waals surface area contributed by atoms with Crippen LogP contribution in [0.1, 0.15) is 0 Å². The largest absolute Gasteiger partial charge is 0.331 e. The minimum atomic E-state index is -0.518. The number of para-hydroxylation sites is 1. The molecule has 0 atom stereocenters. The lowest BCUT2D eigenvalue weighted by molar-refractivity contribution is -0.116. The van der Waals surface area contributed by atoms with Crippen molar-refractivity contribution >= 4 is 11.6 Å². The number of aromatic nitrogens is 2. The van der Waals surface area contributed by atoms with Crippen molar-refractivity contribution in [2.75, 3.05) is 5.32 Å². The van der Waals surface area contributed by atoms with Crippen molar-refractivity contribution in [3.05, 3.63) is 63.4 Å². The molecule has 0 bridgehead atoms. The van der Waals surface area contributed by atoms with Gasteiger partial charge in [0.15, 0.2) is 0 Å². The minimum absolute atomic E-state index is 0.137. The number of hydrogen-bond donors (Lipinski definition) is 1. The van der Waals surface area contributed by atoms with Gasteiger partial charge in [-0.25, -0.2) is 4.79 Å². The van der Waals surface area contributed by atoms with Gasteiger partial charge in [-0.05, 0) is 12.1 Å². The van der Waals surface area contributed by atoms with Gasteiger partial charge in [-0.2, -0.15) is 0 Å². The molecule has 0 saturated heterocycles. The molecule has 0 saturated carbocycles. The van der Waals surface area contributed by atoms with E-state index in [0.717, 1.165) is 4.57 Å². The third kappa shape index (κ3) is 2.98. The van der Waals surface area contributed by atoms with Gasteiger partial charge in [0, 0.05) is 25.0 Å². The van der Waals surface area contributed by atoms with Crippen molar-refractivity contribution in [1.82, 2.24) is 9.13 Å². The van der Waals surface area contributed by atoms with Gasteiger partial charge in [0.05, 0.1) is 0 Å². The predicted octanol–water partition coefficient (Wildman–Crippen LogP) is 0.186. The Morgan fingerprint density at radius 2 is 1.84 bits per heavy atom. The molecule has 0 aliphatic carbocycles. The second-order valence-corrected chi connectivity index (χ2v) is 4.04. The maximum absolute atomic E-state index is 11.8. The summed E-state index contributed by atoms with van der Waals surface area (Å²) in [5.41, 5.74) is -0.259. The number of benzene rings is 1. The monoisotopic (exact) mass is 259 g/mol. The van der Waals surface area contributed by atoms with Crippen LogP contribution in [0.15, 0.2) is 52.2 Å². The Morgan fingerprint density at radius 3 is 2.53 bits per heavy atom. The maximum Gasteiger partial charge on any atom is 0.331 e. The number of carbonyl (C=O) groups is 1. The summed E-state index contributed by atoms with van der Waals surface area (Å²) in [6.45, 7) is -0.137. The number of rotatable bonds is 3. The van der Waals surface area contributed by atoms with Gasteiger partial charge in [0.1, 0.15) is 6.54 Å². The van der Waals surface area contributed by atoms with Gasteiger partial charge >= 0.3 is 5.69 Å². The molecular formula is C13H13N3O3. The Morgan fingerprint density at radius 1 is 1.16 bits per heavy atom. The lowest BCUT2D eigenvalue weighted by atomic mass is 10.3. The Labute approximate surface area is 108 Å². The van der Waals surface area contributed by atoms with Crippen LogP contribution >= 0.6 is 0 Å². The van der Waals surface area contributed by atoms with E-state index in [1.807, 2.05) is 6.07 Å². The van der Waals surface area contributed by atoms with E-state index >= 15 is 0 Å². The van der Waals surface area contributed by atoms with Crippen LogP contribution in [0.4, 0.5) is 5.69 Å². The summed E-state index contributed by atoms with van der Waals surface area (Å²) in [6, 6.07) is 10.2. The topological polar surface area (TPSA) is 73.1 Å². The van der Waals surface area contributed by atoms with Crippen LogP contribution in [0.25, 0.3) is 0 Å². The second kappa shape index (κ2) is 5.34. The van der Waals surface area contributed by atoms with Gasteiger partial charge in [0.25, 0.3) is 5.56 Å². The van der Waals surface area contributed by atoms with Gasteiger partial charge < -0.3 is 5.32 Å². The average molecular weight is 259 g/mol. The standard InChI is InChI=1S/C13H13N3O3/c1-15-12(18)7-8-16(13(15)19)9-11(17)14-10-5-3-2-4-6-10/h2-8H,9H2,1H3,(H,14,17). The summed E-state index contributed by atoms with van der Waals surface area (Å²) in [4.78, 5) is 34.7. The van der Waals surface area contributed by atoms with E-state index in [9.17, 15) is 14.4 Å². The molecule has 1 N–H and O–H groups in total. The Balaban J connectivity index is 2.14. The zero-order valence-electron chi connectivity index (χ0n) is 10.4. The molecule has 0 unspecified atom stereocenters. The third-order valence-electron chi connectivity index (χ3n) is 2.63. The molecule has 1 amide bonds. The average Bonchev–Trinajstić information content (AvgIpc) is 2.41. The summed E-state index contributed by atoms with van der Waals surface area (Å²) < 4.78 is 2.13. The lowest BCUT2D eigenvalue weighted by Crippen LogP contribution is -2.38. The van der Waals surface area contributed by atoms with Crippen molar-refractivity contribution in [2.45, 2.75) is 6.54 Å². The molecule has 1 heterocycles. The van der Waals surface area contributed by atoms with Crippen molar-refractivity contribution in [3.8, 4) is 0 Å². The lowest BCUT2D eigenvalue weighted by Gasteiger charge is -2.07. The van der Waals surface area contributed by atoms with Crippen LogP contribution in [0, 0.1) is 0 Å². The fourth-order valence-electron chi connectivity index (χ4n) is 1.61. The highest BCUT2D eigenvalue weighted by Crippen LogP contribution is 2.04. The van der Waals surface area contributed by atoms with Crippen molar-refractivity contribution in [3.63, 3.8) is 0 Å². The summed E-state index contributed by atoms with van der Waals surface area (Å²) in [6.07, 6.45) is 1.31. The van der Waals surface area contributed by atoms with Crippen molar-refractivity contribution in [2.24, 2.45) is 7.05 Å². The fraction of sp³-hybridized carbons (Fsp3) is 0.154. The molecule has 0 aliphatic heterocycles. The first kappa shape index (κ1) is 12.8. The summed E-state index contributed by atoms with van der Waals surface area (Å²) in [5, 5.41) is 2.67. The molecule has 19 heavy (non-hydrogen) atoms. The van der Waals surface area contributed by atoms with Crippen molar-refractivity contribution < 1.29 is 4.79 Å². The first-order valence-electron chi connectivity index (χ1n) is 5.69. The highest BCUT2D eigenvalue weighted by Gasteiger charge is 2.06. The number of amides is 1. The SMILES string of the molecule is Cn1c(=O)ccn(CC(=O)Nc2ccccc2)c1=O. The van der Waals surface area contributed by atoms with Crippen LogP contribution < -0.4 is 16.6 Å². The number of anilines is 1. The summed E-state index contributed by atoms with van der Waals surface area (Å²) in [5.74, 6) is -0.327. The van der Waals surface area contributed by atoms with E-state index in [0.29, 0.717) is 5.69 Å². The molecule has 1 aromatic heterocycles. The molecule has 0 fully saturated rings. The van der Waals surface area contributed by atoms with Gasteiger partial charge in [-0.15, -0.1) is 0 Å². The molecule has 2 aromatic rings. The molecule has 1 aromatic carbocycles. The molecule has 98 valence electrons. The molecule has 6 heteroatoms. The predicted molar refractivity (Wildman–Crippen MR) is 71.0 cm³/mol. The van der Waals surface area contributed by atoms with E-state index in [1.165, 1.54) is 23.9 Å². The minimum Gasteiger partial charge on any atom is -0.325 e. The number of hydrogen-bond acceptors (Lipinski definition) is 3. The fourth-order valence-corrected chi connectivity index (χ4v) is 1.61. The van der Waals surface area contributed by atoms with Crippen LogP contribution in [-0.2, 0) is 18.4 Å². The number of nitrogens with zero attached hydrogens (tertiary/aromatic N) is 2. The zero-order valence-corrected chi connectivity index (χ0v) is 10.4. The van der Waals surface area contributed by atoms with Crippen LogP contribution in [-0.4, -0.2) is 15.0 Å². The highest BCUT2D eigenvalue weighted by molar-refractivity contribution is 5.90. The van der Waals surface area contributed by atoms with E-state index in [2.05, 4.69) is 5.32 Å².